The molecule has 1 unspecified atom stereocenters. The summed E-state index contributed by atoms with van der Waals surface area (Å²) in [6.45, 7) is 3.63. The van der Waals surface area contributed by atoms with Crippen molar-refractivity contribution in [1.82, 2.24) is 4.98 Å². The van der Waals surface area contributed by atoms with Gasteiger partial charge in [-0.15, -0.1) is 11.3 Å². The highest BCUT2D eigenvalue weighted by Crippen LogP contribution is 2.26. The summed E-state index contributed by atoms with van der Waals surface area (Å²) in [6.07, 6.45) is 0.386. The topological polar surface area (TPSA) is 77.2 Å². The third-order valence-electron chi connectivity index (χ3n) is 2.34. The fourth-order valence-corrected chi connectivity index (χ4v) is 2.15. The van der Waals surface area contributed by atoms with Crippen molar-refractivity contribution in [2.75, 3.05) is 11.9 Å². The number of anilines is 1. The van der Waals surface area contributed by atoms with E-state index in [1.807, 2.05) is 18.9 Å². The molecule has 0 aromatic carbocycles. The zero-order valence-electron chi connectivity index (χ0n) is 9.39. The fraction of sp³-hybridized carbons (Fsp3) is 0.500. The molecule has 0 aliphatic heterocycles. The molecule has 0 radical (unpaired) electrons. The van der Waals surface area contributed by atoms with Crippen molar-refractivity contribution in [3.05, 3.63) is 10.6 Å². The Hall–Kier alpha value is -1.61. The maximum atomic E-state index is 10.8. The number of thiazole rings is 1. The Balaban J connectivity index is 2.93. The number of carboxylic acid groups (broad SMARTS) is 1. The lowest BCUT2D eigenvalue weighted by molar-refractivity contribution is 0.0690. The van der Waals surface area contributed by atoms with E-state index < -0.39 is 5.97 Å². The number of nitrogens with zero attached hydrogens (tertiary/aromatic N) is 3. The Kier molecular flexibility index (Phi) is 3.85. The lowest BCUT2D eigenvalue weighted by atomic mass is 10.2. The summed E-state index contributed by atoms with van der Waals surface area (Å²) in [4.78, 5) is 17.4. The highest BCUT2D eigenvalue weighted by molar-refractivity contribution is 7.15. The van der Waals surface area contributed by atoms with Crippen LogP contribution in [-0.4, -0.2) is 29.1 Å². The van der Waals surface area contributed by atoms with Crippen LogP contribution in [0.5, 0.6) is 0 Å². The van der Waals surface area contributed by atoms with Crippen molar-refractivity contribution in [1.29, 1.82) is 5.26 Å². The van der Waals surface area contributed by atoms with E-state index >= 15 is 0 Å². The van der Waals surface area contributed by atoms with Crippen LogP contribution in [0.1, 0.15) is 28.7 Å². The quantitative estimate of drug-likeness (QED) is 0.868. The summed E-state index contributed by atoms with van der Waals surface area (Å²) in [5.74, 6) is -1.01. The minimum absolute atomic E-state index is 0.0252. The van der Waals surface area contributed by atoms with Crippen LogP contribution in [0, 0.1) is 18.3 Å². The summed E-state index contributed by atoms with van der Waals surface area (Å²) >= 11 is 1.33. The second kappa shape index (κ2) is 4.94. The summed E-state index contributed by atoms with van der Waals surface area (Å²) < 4.78 is 0. The Morgan fingerprint density at radius 3 is 2.81 bits per heavy atom. The first-order valence-electron chi connectivity index (χ1n) is 4.77. The van der Waals surface area contributed by atoms with Crippen molar-refractivity contribution in [3.63, 3.8) is 0 Å². The minimum atomic E-state index is -1.01. The molecule has 0 fully saturated rings. The van der Waals surface area contributed by atoms with Crippen LogP contribution in [0.25, 0.3) is 0 Å². The van der Waals surface area contributed by atoms with E-state index in [2.05, 4.69) is 11.1 Å². The molecule has 5 nitrogen and oxygen atoms in total. The van der Waals surface area contributed by atoms with Crippen LogP contribution < -0.4 is 4.90 Å². The molecule has 1 aromatic rings. The van der Waals surface area contributed by atoms with E-state index in [1.54, 1.807) is 6.92 Å². The first-order valence-corrected chi connectivity index (χ1v) is 5.59. The van der Waals surface area contributed by atoms with E-state index in [0.717, 1.165) is 0 Å². The second-order valence-electron chi connectivity index (χ2n) is 3.53. The Bertz CT molecular complexity index is 436. The smallest absolute Gasteiger partial charge is 0.355 e. The SMILES string of the molecule is Cc1sc(N(C)C(C)CC#N)nc1C(=O)O. The molecule has 1 aromatic heterocycles. The number of hydrogen-bond acceptors (Lipinski definition) is 5. The zero-order chi connectivity index (χ0) is 12.3. The van der Waals surface area contributed by atoms with Gasteiger partial charge in [0, 0.05) is 18.0 Å². The van der Waals surface area contributed by atoms with Crippen LogP contribution in [0.4, 0.5) is 5.13 Å². The average molecular weight is 239 g/mol. The number of hydrogen-bond donors (Lipinski definition) is 1. The number of rotatable bonds is 4. The standard InChI is InChI=1S/C10H13N3O2S/c1-6(4-5-11)13(3)10-12-8(9(14)15)7(2)16-10/h6H,4H2,1-3H3,(H,14,15). The molecule has 0 amide bonds. The molecule has 16 heavy (non-hydrogen) atoms. The molecule has 0 aliphatic carbocycles. The van der Waals surface area contributed by atoms with Crippen LogP contribution in [0.3, 0.4) is 0 Å². The molecule has 0 spiro atoms. The van der Waals surface area contributed by atoms with Gasteiger partial charge in [-0.2, -0.15) is 5.26 Å². The molecule has 0 saturated carbocycles. The number of carboxylic acids is 1. The number of carbonyl (C=O) groups is 1. The van der Waals surface area contributed by atoms with Gasteiger partial charge in [0.05, 0.1) is 12.5 Å². The lowest BCUT2D eigenvalue weighted by Gasteiger charge is -2.21. The van der Waals surface area contributed by atoms with Gasteiger partial charge < -0.3 is 10.0 Å². The number of aromatic carboxylic acids is 1. The van der Waals surface area contributed by atoms with Gasteiger partial charge in [-0.1, -0.05) is 0 Å². The number of nitriles is 1. The van der Waals surface area contributed by atoms with Crippen LogP contribution in [0.15, 0.2) is 0 Å². The van der Waals surface area contributed by atoms with Crippen molar-refractivity contribution >= 4 is 22.4 Å². The van der Waals surface area contributed by atoms with E-state index in [9.17, 15) is 4.79 Å². The third-order valence-corrected chi connectivity index (χ3v) is 3.40. The van der Waals surface area contributed by atoms with Crippen molar-refractivity contribution in [3.8, 4) is 6.07 Å². The summed E-state index contributed by atoms with van der Waals surface area (Å²) in [7, 11) is 1.81. The summed E-state index contributed by atoms with van der Waals surface area (Å²) in [5, 5.41) is 18.1. The first-order chi connectivity index (χ1) is 7.47. The highest BCUT2D eigenvalue weighted by Gasteiger charge is 2.18. The third kappa shape index (κ3) is 2.49. The van der Waals surface area contributed by atoms with Gasteiger partial charge in [0.15, 0.2) is 10.8 Å². The van der Waals surface area contributed by atoms with Crippen LogP contribution >= 0.6 is 11.3 Å². The van der Waals surface area contributed by atoms with E-state index in [-0.39, 0.29) is 11.7 Å². The highest BCUT2D eigenvalue weighted by atomic mass is 32.1. The van der Waals surface area contributed by atoms with E-state index in [1.165, 1.54) is 11.3 Å². The Morgan fingerprint density at radius 2 is 2.38 bits per heavy atom. The van der Waals surface area contributed by atoms with Crippen LogP contribution in [-0.2, 0) is 0 Å². The molecule has 0 aliphatic rings. The van der Waals surface area contributed by atoms with Crippen molar-refractivity contribution in [2.45, 2.75) is 26.3 Å². The molecule has 1 N–H and O–H groups in total. The lowest BCUT2D eigenvalue weighted by Crippen LogP contribution is -2.28. The molecule has 0 bridgehead atoms. The van der Waals surface area contributed by atoms with Gasteiger partial charge in [-0.3, -0.25) is 0 Å². The molecule has 1 atom stereocenters. The molecule has 86 valence electrons. The zero-order valence-corrected chi connectivity index (χ0v) is 10.2. The second-order valence-corrected chi connectivity index (χ2v) is 4.71. The van der Waals surface area contributed by atoms with Gasteiger partial charge in [-0.25, -0.2) is 9.78 Å². The number of aromatic nitrogens is 1. The van der Waals surface area contributed by atoms with Crippen molar-refractivity contribution in [2.24, 2.45) is 0 Å². The Labute approximate surface area is 98.0 Å². The average Bonchev–Trinajstić information content (AvgIpc) is 2.59. The van der Waals surface area contributed by atoms with E-state index in [0.29, 0.717) is 16.4 Å². The van der Waals surface area contributed by atoms with Gasteiger partial charge in [-0.05, 0) is 13.8 Å². The largest absolute Gasteiger partial charge is 0.476 e. The Morgan fingerprint density at radius 1 is 1.75 bits per heavy atom. The monoisotopic (exact) mass is 239 g/mol. The predicted molar refractivity (Wildman–Crippen MR) is 61.9 cm³/mol. The van der Waals surface area contributed by atoms with Crippen LogP contribution in [0.2, 0.25) is 0 Å². The van der Waals surface area contributed by atoms with Gasteiger partial charge in [0.25, 0.3) is 0 Å². The molecular formula is C10H13N3O2S. The first kappa shape index (κ1) is 12.5. The fourth-order valence-electron chi connectivity index (χ4n) is 1.19. The maximum absolute atomic E-state index is 10.8. The van der Waals surface area contributed by atoms with Crippen molar-refractivity contribution < 1.29 is 9.90 Å². The molecular weight excluding hydrogens is 226 g/mol. The number of aryl methyl sites for hydroxylation is 1. The minimum Gasteiger partial charge on any atom is -0.476 e. The van der Waals surface area contributed by atoms with Gasteiger partial charge >= 0.3 is 5.97 Å². The summed E-state index contributed by atoms with van der Waals surface area (Å²) in [6, 6.07) is 2.11. The summed E-state index contributed by atoms with van der Waals surface area (Å²) in [5.41, 5.74) is 0.0935. The molecule has 1 heterocycles. The van der Waals surface area contributed by atoms with Gasteiger partial charge in [0.2, 0.25) is 0 Å². The molecule has 1 rings (SSSR count). The molecule has 0 saturated heterocycles. The predicted octanol–water partition coefficient (Wildman–Crippen LogP) is 1.89. The van der Waals surface area contributed by atoms with Gasteiger partial charge in [0.1, 0.15) is 0 Å². The van der Waals surface area contributed by atoms with E-state index in [4.69, 9.17) is 10.4 Å². The maximum Gasteiger partial charge on any atom is 0.355 e. The normalized spacial score (nSPS) is 11.9. The molecule has 6 heteroatoms.